The van der Waals surface area contributed by atoms with Gasteiger partial charge in [-0.2, -0.15) is 0 Å². The number of rotatable bonds is 6. The normalized spacial score (nSPS) is 15.8. The summed E-state index contributed by atoms with van der Waals surface area (Å²) in [4.78, 5) is 41.3. The van der Waals surface area contributed by atoms with Crippen molar-refractivity contribution in [3.63, 3.8) is 0 Å². The summed E-state index contributed by atoms with van der Waals surface area (Å²) in [5, 5.41) is 12.1. The van der Waals surface area contributed by atoms with E-state index in [2.05, 4.69) is 11.6 Å². The number of pyridine rings is 1. The Balaban J connectivity index is 1.77. The third-order valence-corrected chi connectivity index (χ3v) is 5.30. The number of ketones is 2. The summed E-state index contributed by atoms with van der Waals surface area (Å²) in [6.07, 6.45) is 3.58. The predicted molar refractivity (Wildman–Crippen MR) is 116 cm³/mol. The van der Waals surface area contributed by atoms with E-state index in [0.29, 0.717) is 17.9 Å². The van der Waals surface area contributed by atoms with Gasteiger partial charge in [-0.1, -0.05) is 49.1 Å². The zero-order valence-corrected chi connectivity index (χ0v) is 16.7. The summed E-state index contributed by atoms with van der Waals surface area (Å²) in [6, 6.07) is 12.9. The van der Waals surface area contributed by atoms with E-state index in [0.717, 1.165) is 11.0 Å². The van der Waals surface area contributed by atoms with Gasteiger partial charge in [-0.15, -0.1) is 0 Å². The van der Waals surface area contributed by atoms with Crippen LogP contribution in [0.2, 0.25) is 0 Å². The van der Waals surface area contributed by atoms with Crippen molar-refractivity contribution in [2.24, 2.45) is 0 Å². The quantitative estimate of drug-likeness (QED) is 0.248. The first-order valence-corrected chi connectivity index (χ1v) is 9.62. The number of aromatic nitrogens is 1. The molecule has 0 amide bonds. The van der Waals surface area contributed by atoms with Crippen LogP contribution in [0.1, 0.15) is 39.3 Å². The van der Waals surface area contributed by atoms with Gasteiger partial charge in [0.1, 0.15) is 29.4 Å². The maximum atomic E-state index is 13.0. The highest BCUT2D eigenvalue weighted by Gasteiger charge is 2.44. The molecule has 2 aromatic carbocycles. The zero-order valence-electron chi connectivity index (χ0n) is 16.7. The molecule has 154 valence electrons. The van der Waals surface area contributed by atoms with Crippen molar-refractivity contribution >= 4 is 28.2 Å². The predicted octanol–water partition coefficient (Wildman–Crippen LogP) is 4.82. The molecule has 0 saturated heterocycles. The lowest BCUT2D eigenvalue weighted by atomic mass is 9.98. The average Bonchev–Trinajstić information content (AvgIpc) is 3.04. The van der Waals surface area contributed by atoms with Gasteiger partial charge in [0.2, 0.25) is 0 Å². The van der Waals surface area contributed by atoms with E-state index in [9.17, 15) is 19.7 Å². The second-order valence-electron chi connectivity index (χ2n) is 7.04. The number of nitro groups is 1. The minimum atomic E-state index is -1.21. The standard InChI is InChI=1S/C24H18N2O5/c1-3-14(4-2)13-31-19-10-5-7-15-11-12-17(25-22(15)19)21-23(27)16-8-6-9-18(26(29)30)20(16)24(21)28/h3-12,21H,1,13H2,2H3/b14-4+. The van der Waals surface area contributed by atoms with Crippen molar-refractivity contribution in [3.05, 3.63) is 99.8 Å². The molecule has 1 aliphatic rings. The first-order chi connectivity index (χ1) is 15.0. The highest BCUT2D eigenvalue weighted by molar-refractivity contribution is 6.31. The largest absolute Gasteiger partial charge is 0.487 e. The second kappa shape index (κ2) is 7.95. The number of nitrogens with zero attached hydrogens (tertiary/aromatic N) is 2. The van der Waals surface area contributed by atoms with Gasteiger partial charge in [-0.3, -0.25) is 19.7 Å². The number of para-hydroxylation sites is 1. The van der Waals surface area contributed by atoms with Crippen molar-refractivity contribution in [2.45, 2.75) is 12.8 Å². The summed E-state index contributed by atoms with van der Waals surface area (Å²) in [5.41, 5.74) is 1.17. The molecule has 0 radical (unpaired) electrons. The van der Waals surface area contributed by atoms with Crippen molar-refractivity contribution in [2.75, 3.05) is 6.61 Å². The lowest BCUT2D eigenvalue weighted by molar-refractivity contribution is -0.385. The molecule has 0 bridgehead atoms. The summed E-state index contributed by atoms with van der Waals surface area (Å²) >= 11 is 0. The van der Waals surface area contributed by atoms with Crippen molar-refractivity contribution in [3.8, 4) is 5.75 Å². The molecule has 31 heavy (non-hydrogen) atoms. The van der Waals surface area contributed by atoms with Gasteiger partial charge < -0.3 is 4.74 Å². The van der Waals surface area contributed by atoms with Crippen LogP contribution in [0.15, 0.2) is 72.8 Å². The van der Waals surface area contributed by atoms with E-state index in [-0.39, 0.29) is 22.5 Å². The van der Waals surface area contributed by atoms with Gasteiger partial charge in [0.25, 0.3) is 5.69 Å². The van der Waals surface area contributed by atoms with E-state index in [1.807, 2.05) is 25.1 Å². The van der Waals surface area contributed by atoms with Gasteiger partial charge >= 0.3 is 0 Å². The summed E-state index contributed by atoms with van der Waals surface area (Å²) in [5.74, 6) is -1.81. The highest BCUT2D eigenvalue weighted by atomic mass is 16.6. The van der Waals surface area contributed by atoms with Gasteiger partial charge in [-0.25, -0.2) is 4.98 Å². The Kier molecular flexibility index (Phi) is 5.17. The number of hydrogen-bond acceptors (Lipinski definition) is 6. The van der Waals surface area contributed by atoms with Crippen molar-refractivity contribution < 1.29 is 19.2 Å². The van der Waals surface area contributed by atoms with Gasteiger partial charge in [0.05, 0.1) is 10.6 Å². The topological polar surface area (TPSA) is 99.4 Å². The Labute approximate surface area is 177 Å². The number of fused-ring (bicyclic) bond motifs is 2. The van der Waals surface area contributed by atoms with Crippen LogP contribution in [0, 0.1) is 10.1 Å². The number of hydrogen-bond donors (Lipinski definition) is 0. The van der Waals surface area contributed by atoms with Crippen LogP contribution in [0.3, 0.4) is 0 Å². The molecule has 0 aliphatic heterocycles. The van der Waals surface area contributed by atoms with Crippen molar-refractivity contribution in [1.82, 2.24) is 4.98 Å². The smallest absolute Gasteiger partial charge is 0.280 e. The molecular weight excluding hydrogens is 396 g/mol. The molecule has 0 N–H and O–H groups in total. The van der Waals surface area contributed by atoms with E-state index in [1.54, 1.807) is 24.3 Å². The molecule has 7 heteroatoms. The Morgan fingerprint density at radius 1 is 1.16 bits per heavy atom. The van der Waals surface area contributed by atoms with Crippen LogP contribution in [-0.2, 0) is 0 Å². The summed E-state index contributed by atoms with van der Waals surface area (Å²) in [7, 11) is 0. The average molecular weight is 414 g/mol. The first kappa shape index (κ1) is 20.2. The third-order valence-electron chi connectivity index (χ3n) is 5.30. The van der Waals surface area contributed by atoms with Crippen LogP contribution >= 0.6 is 0 Å². The van der Waals surface area contributed by atoms with Crippen LogP contribution in [0.5, 0.6) is 5.75 Å². The maximum Gasteiger partial charge on any atom is 0.280 e. The highest BCUT2D eigenvalue weighted by Crippen LogP contribution is 2.38. The molecule has 0 fully saturated rings. The van der Waals surface area contributed by atoms with Gasteiger partial charge in [0, 0.05) is 17.0 Å². The lowest BCUT2D eigenvalue weighted by Crippen LogP contribution is -2.15. The van der Waals surface area contributed by atoms with E-state index in [4.69, 9.17) is 4.74 Å². The molecule has 1 unspecified atom stereocenters. The van der Waals surface area contributed by atoms with E-state index < -0.39 is 22.4 Å². The molecule has 1 aromatic heterocycles. The molecular formula is C24H18N2O5. The minimum Gasteiger partial charge on any atom is -0.487 e. The number of benzene rings is 2. The number of carbonyl (C=O) groups excluding carboxylic acids is 2. The first-order valence-electron chi connectivity index (χ1n) is 9.62. The fourth-order valence-corrected chi connectivity index (χ4v) is 3.68. The third kappa shape index (κ3) is 3.40. The Bertz CT molecular complexity index is 1290. The summed E-state index contributed by atoms with van der Waals surface area (Å²) in [6.45, 7) is 5.92. The fraction of sp³-hybridized carbons (Fsp3) is 0.125. The van der Waals surface area contributed by atoms with Crippen LogP contribution < -0.4 is 4.74 Å². The number of carbonyl (C=O) groups is 2. The molecule has 1 aliphatic carbocycles. The minimum absolute atomic E-state index is 0.0549. The fourth-order valence-electron chi connectivity index (χ4n) is 3.68. The second-order valence-corrected chi connectivity index (χ2v) is 7.04. The number of nitro benzene ring substituents is 1. The molecule has 0 saturated carbocycles. The summed E-state index contributed by atoms with van der Waals surface area (Å²) < 4.78 is 5.89. The van der Waals surface area contributed by atoms with E-state index >= 15 is 0 Å². The molecule has 4 rings (SSSR count). The van der Waals surface area contributed by atoms with Gasteiger partial charge in [0.15, 0.2) is 11.6 Å². The van der Waals surface area contributed by atoms with Crippen molar-refractivity contribution in [1.29, 1.82) is 0 Å². The maximum absolute atomic E-state index is 13.0. The van der Waals surface area contributed by atoms with E-state index in [1.165, 1.54) is 18.2 Å². The number of ether oxygens (including phenoxy) is 1. The zero-order chi connectivity index (χ0) is 22.1. The number of Topliss-reactive ketones (excluding diaryl/α,β-unsaturated/α-hetero) is 2. The monoisotopic (exact) mass is 414 g/mol. The molecule has 0 spiro atoms. The molecule has 1 heterocycles. The van der Waals surface area contributed by atoms with Crippen LogP contribution in [0.25, 0.3) is 10.9 Å². The van der Waals surface area contributed by atoms with Crippen LogP contribution in [-0.4, -0.2) is 28.1 Å². The number of allylic oxidation sites excluding steroid dienone is 1. The Morgan fingerprint density at radius 3 is 2.65 bits per heavy atom. The molecule has 3 aromatic rings. The Hall–Kier alpha value is -4.13. The molecule has 7 nitrogen and oxygen atoms in total. The SMILES string of the molecule is C=C/C(=C\C)COc1cccc2ccc(C3C(=O)c4cccc([N+](=O)[O-])c4C3=O)nc12. The Morgan fingerprint density at radius 2 is 1.94 bits per heavy atom. The lowest BCUT2D eigenvalue weighted by Gasteiger charge is -2.12. The van der Waals surface area contributed by atoms with Gasteiger partial charge in [-0.05, 0) is 24.6 Å². The van der Waals surface area contributed by atoms with Crippen LogP contribution in [0.4, 0.5) is 5.69 Å². The molecule has 1 atom stereocenters.